The molecular formula is C16H28O5. The molecule has 0 aromatic heterocycles. The maximum atomic E-state index is 11.2. The number of carbonyl (C=O) groups excluding carboxylic acids is 1. The van der Waals surface area contributed by atoms with Gasteiger partial charge in [-0.2, -0.15) is 0 Å². The van der Waals surface area contributed by atoms with Crippen molar-refractivity contribution in [2.45, 2.75) is 58.0 Å². The first-order chi connectivity index (χ1) is 10.3. The van der Waals surface area contributed by atoms with Gasteiger partial charge in [-0.25, -0.2) is 0 Å². The maximum Gasteiger partial charge on any atom is 0.229 e. The second-order valence-electron chi connectivity index (χ2n) is 4.93. The Labute approximate surface area is 127 Å². The van der Waals surface area contributed by atoms with E-state index in [0.717, 1.165) is 32.2 Å². The van der Waals surface area contributed by atoms with Gasteiger partial charge in [0.05, 0.1) is 6.61 Å². The summed E-state index contributed by atoms with van der Waals surface area (Å²) in [6.45, 7) is 5.99. The summed E-state index contributed by atoms with van der Waals surface area (Å²) in [4.78, 5) is 11.2. The van der Waals surface area contributed by atoms with Crippen LogP contribution in [0.2, 0.25) is 0 Å². The molecule has 0 saturated carbocycles. The molecule has 1 saturated heterocycles. The highest BCUT2D eigenvalue weighted by molar-refractivity contribution is 5.60. The Morgan fingerprint density at radius 2 is 1.95 bits per heavy atom. The third-order valence-electron chi connectivity index (χ3n) is 3.25. The largest absolute Gasteiger partial charge is 0.353 e. The fourth-order valence-corrected chi connectivity index (χ4v) is 2.24. The first kappa shape index (κ1) is 18.3. The number of rotatable bonds is 11. The van der Waals surface area contributed by atoms with Gasteiger partial charge in [-0.05, 0) is 39.5 Å². The van der Waals surface area contributed by atoms with E-state index in [1.807, 2.05) is 26.0 Å². The van der Waals surface area contributed by atoms with Crippen LogP contribution in [0.5, 0.6) is 0 Å². The lowest BCUT2D eigenvalue weighted by molar-refractivity contribution is -0.213. The van der Waals surface area contributed by atoms with Crippen molar-refractivity contribution in [3.05, 3.63) is 12.2 Å². The molecule has 1 aliphatic rings. The number of carbonyl (C=O) groups is 1. The molecule has 5 nitrogen and oxygen atoms in total. The highest BCUT2D eigenvalue weighted by Gasteiger charge is 2.29. The summed E-state index contributed by atoms with van der Waals surface area (Å²) < 4.78 is 22.0. The van der Waals surface area contributed by atoms with E-state index in [0.29, 0.717) is 26.2 Å². The zero-order valence-corrected chi connectivity index (χ0v) is 13.2. The van der Waals surface area contributed by atoms with Crippen LogP contribution >= 0.6 is 0 Å². The average molecular weight is 300 g/mol. The Kier molecular flexibility index (Phi) is 9.50. The van der Waals surface area contributed by atoms with Crippen molar-refractivity contribution >= 4 is 6.29 Å². The Bertz CT molecular complexity index is 291. The molecule has 21 heavy (non-hydrogen) atoms. The Morgan fingerprint density at radius 1 is 1.19 bits per heavy atom. The van der Waals surface area contributed by atoms with Gasteiger partial charge in [0.2, 0.25) is 5.79 Å². The van der Waals surface area contributed by atoms with E-state index >= 15 is 0 Å². The van der Waals surface area contributed by atoms with Crippen molar-refractivity contribution in [1.82, 2.24) is 0 Å². The molecule has 0 spiro atoms. The quantitative estimate of drug-likeness (QED) is 0.254. The predicted molar refractivity (Wildman–Crippen MR) is 80.0 cm³/mol. The highest BCUT2D eigenvalue weighted by atomic mass is 16.7. The number of hydrogen-bond donors (Lipinski definition) is 0. The molecule has 1 fully saturated rings. The second-order valence-corrected chi connectivity index (χ2v) is 4.93. The normalized spacial score (nSPS) is 20.0. The standard InChI is InChI=1S/C16H28O5/c1-3-20-16(14-17,21-4-2)11-7-5-8-12-18-15-10-6-9-13-19-15/h5,7,14-15H,3-4,6,8-13H2,1-2H3. The zero-order chi connectivity index (χ0) is 15.4. The van der Waals surface area contributed by atoms with Crippen molar-refractivity contribution in [3.63, 3.8) is 0 Å². The summed E-state index contributed by atoms with van der Waals surface area (Å²) in [6, 6.07) is 0. The van der Waals surface area contributed by atoms with Crippen LogP contribution in [-0.2, 0) is 23.7 Å². The van der Waals surface area contributed by atoms with Crippen molar-refractivity contribution in [1.29, 1.82) is 0 Å². The Balaban J connectivity index is 2.22. The first-order valence-electron chi connectivity index (χ1n) is 7.88. The summed E-state index contributed by atoms with van der Waals surface area (Å²) in [5.41, 5.74) is 0. The van der Waals surface area contributed by atoms with Crippen molar-refractivity contribution < 1.29 is 23.7 Å². The lowest BCUT2D eigenvalue weighted by atomic mass is 10.2. The molecule has 1 unspecified atom stereocenters. The molecule has 1 aliphatic heterocycles. The summed E-state index contributed by atoms with van der Waals surface area (Å²) in [5.74, 6) is -1.15. The van der Waals surface area contributed by atoms with Crippen molar-refractivity contribution in [2.75, 3.05) is 26.4 Å². The van der Waals surface area contributed by atoms with Crippen LogP contribution in [0.1, 0.15) is 46.0 Å². The summed E-state index contributed by atoms with van der Waals surface area (Å²) in [6.07, 6.45) is 9.05. The maximum absolute atomic E-state index is 11.2. The van der Waals surface area contributed by atoms with E-state index in [4.69, 9.17) is 18.9 Å². The minimum absolute atomic E-state index is 0.0481. The molecule has 0 N–H and O–H groups in total. The SMILES string of the molecule is CCOC(C=O)(CC=CCCOC1CCCCO1)OCC. The first-order valence-corrected chi connectivity index (χ1v) is 7.88. The van der Waals surface area contributed by atoms with E-state index in [1.165, 1.54) is 6.42 Å². The monoisotopic (exact) mass is 300 g/mol. The molecule has 0 bridgehead atoms. The average Bonchev–Trinajstić information content (AvgIpc) is 2.52. The van der Waals surface area contributed by atoms with Gasteiger partial charge in [-0.15, -0.1) is 0 Å². The van der Waals surface area contributed by atoms with Gasteiger partial charge < -0.3 is 18.9 Å². The topological polar surface area (TPSA) is 54.0 Å². The van der Waals surface area contributed by atoms with E-state index in [1.54, 1.807) is 0 Å². The summed E-state index contributed by atoms with van der Waals surface area (Å²) in [5, 5.41) is 0. The van der Waals surface area contributed by atoms with Crippen LogP contribution in [0, 0.1) is 0 Å². The smallest absolute Gasteiger partial charge is 0.229 e. The van der Waals surface area contributed by atoms with Gasteiger partial charge in [-0.3, -0.25) is 4.79 Å². The fourth-order valence-electron chi connectivity index (χ4n) is 2.24. The molecule has 0 aromatic rings. The van der Waals surface area contributed by atoms with Gasteiger partial charge in [0.1, 0.15) is 0 Å². The van der Waals surface area contributed by atoms with Crippen LogP contribution < -0.4 is 0 Å². The molecule has 0 aromatic carbocycles. The molecule has 5 heteroatoms. The van der Waals surface area contributed by atoms with Crippen LogP contribution in [-0.4, -0.2) is 44.8 Å². The van der Waals surface area contributed by atoms with Crippen LogP contribution in [0.25, 0.3) is 0 Å². The third kappa shape index (κ3) is 7.18. The van der Waals surface area contributed by atoms with Crippen LogP contribution in [0.4, 0.5) is 0 Å². The molecule has 1 atom stereocenters. The minimum Gasteiger partial charge on any atom is -0.353 e. The number of aldehydes is 1. The van der Waals surface area contributed by atoms with Gasteiger partial charge >= 0.3 is 0 Å². The molecule has 0 aliphatic carbocycles. The summed E-state index contributed by atoms with van der Waals surface area (Å²) in [7, 11) is 0. The van der Waals surface area contributed by atoms with Crippen LogP contribution in [0.15, 0.2) is 12.2 Å². The van der Waals surface area contributed by atoms with E-state index in [9.17, 15) is 4.79 Å². The third-order valence-corrected chi connectivity index (χ3v) is 3.25. The lowest BCUT2D eigenvalue weighted by Crippen LogP contribution is -2.37. The van der Waals surface area contributed by atoms with Gasteiger partial charge in [0.25, 0.3) is 0 Å². The minimum atomic E-state index is -1.15. The molecule has 1 rings (SSSR count). The number of ether oxygens (including phenoxy) is 4. The van der Waals surface area contributed by atoms with Gasteiger partial charge in [0, 0.05) is 26.2 Å². The van der Waals surface area contributed by atoms with E-state index in [-0.39, 0.29) is 6.29 Å². The zero-order valence-electron chi connectivity index (χ0n) is 13.2. The van der Waals surface area contributed by atoms with E-state index in [2.05, 4.69) is 0 Å². The van der Waals surface area contributed by atoms with Gasteiger partial charge in [-0.1, -0.05) is 12.2 Å². The molecular weight excluding hydrogens is 272 g/mol. The number of hydrogen-bond acceptors (Lipinski definition) is 5. The Hall–Kier alpha value is -0.750. The summed E-state index contributed by atoms with van der Waals surface area (Å²) >= 11 is 0. The highest BCUT2D eigenvalue weighted by Crippen LogP contribution is 2.17. The molecule has 0 amide bonds. The van der Waals surface area contributed by atoms with Gasteiger partial charge in [0.15, 0.2) is 12.6 Å². The van der Waals surface area contributed by atoms with Crippen molar-refractivity contribution in [3.8, 4) is 0 Å². The lowest BCUT2D eigenvalue weighted by Gasteiger charge is -2.26. The predicted octanol–water partition coefficient (Wildman–Crippen LogP) is 2.83. The van der Waals surface area contributed by atoms with Crippen LogP contribution in [0.3, 0.4) is 0 Å². The second kappa shape index (κ2) is 10.9. The molecule has 0 radical (unpaired) electrons. The van der Waals surface area contributed by atoms with E-state index < -0.39 is 5.79 Å². The molecule has 1 heterocycles. The Morgan fingerprint density at radius 3 is 2.52 bits per heavy atom. The molecule has 122 valence electrons. The fraction of sp³-hybridized carbons (Fsp3) is 0.812. The van der Waals surface area contributed by atoms with Crippen molar-refractivity contribution in [2.24, 2.45) is 0 Å².